The van der Waals surface area contributed by atoms with Crippen LogP contribution in [0.1, 0.15) is 28.9 Å². The van der Waals surface area contributed by atoms with Crippen molar-refractivity contribution in [3.05, 3.63) is 59.7 Å². The van der Waals surface area contributed by atoms with Gasteiger partial charge in [0.05, 0.1) is 25.9 Å². The zero-order valence-corrected chi connectivity index (χ0v) is 16.6. The molecule has 28 heavy (non-hydrogen) atoms. The molecule has 1 aliphatic rings. The quantitative estimate of drug-likeness (QED) is 0.687. The summed E-state index contributed by atoms with van der Waals surface area (Å²) in [6, 6.07) is 13.6. The second-order valence-corrected chi connectivity index (χ2v) is 8.25. The maximum Gasteiger partial charge on any atom is 0.338 e. The lowest BCUT2D eigenvalue weighted by atomic mass is 10.1. The molecule has 1 fully saturated rings. The first-order chi connectivity index (χ1) is 13.4. The van der Waals surface area contributed by atoms with E-state index in [4.69, 9.17) is 14.2 Å². The summed E-state index contributed by atoms with van der Waals surface area (Å²) in [6.45, 7) is 2.94. The Kier molecular flexibility index (Phi) is 6.33. The predicted octanol–water partition coefficient (Wildman–Crippen LogP) is 2.63. The molecule has 0 unspecified atom stereocenters. The molecule has 0 amide bonds. The summed E-state index contributed by atoms with van der Waals surface area (Å²) in [5.74, 6) is -0.420. The number of hydrogen-bond acceptors (Lipinski definition) is 6. The predicted molar refractivity (Wildman–Crippen MR) is 103 cm³/mol. The average molecular weight is 405 g/mol. The van der Waals surface area contributed by atoms with Crippen molar-refractivity contribution in [2.75, 3.05) is 33.4 Å². The van der Waals surface area contributed by atoms with Crippen LogP contribution >= 0.6 is 0 Å². The Morgan fingerprint density at radius 2 is 1.79 bits per heavy atom. The lowest BCUT2D eigenvalue weighted by Crippen LogP contribution is -2.40. The highest BCUT2D eigenvalue weighted by molar-refractivity contribution is 7.89. The summed E-state index contributed by atoms with van der Waals surface area (Å²) in [5, 5.41) is 0. The second-order valence-electron chi connectivity index (χ2n) is 6.34. The van der Waals surface area contributed by atoms with Gasteiger partial charge < -0.3 is 14.2 Å². The molecule has 1 atom stereocenters. The molecule has 0 radical (unpaired) electrons. The van der Waals surface area contributed by atoms with E-state index in [1.54, 1.807) is 6.92 Å². The van der Waals surface area contributed by atoms with E-state index in [-0.39, 0.29) is 29.3 Å². The van der Waals surface area contributed by atoms with Crippen LogP contribution in [0.5, 0.6) is 5.75 Å². The summed E-state index contributed by atoms with van der Waals surface area (Å²) >= 11 is 0. The van der Waals surface area contributed by atoms with Crippen molar-refractivity contribution in [3.63, 3.8) is 0 Å². The van der Waals surface area contributed by atoms with Crippen LogP contribution in [0.4, 0.5) is 0 Å². The van der Waals surface area contributed by atoms with Crippen LogP contribution in [0, 0.1) is 0 Å². The van der Waals surface area contributed by atoms with E-state index in [0.717, 1.165) is 5.56 Å². The van der Waals surface area contributed by atoms with Gasteiger partial charge in [0.1, 0.15) is 16.7 Å². The fraction of sp³-hybridized carbons (Fsp3) is 0.350. The number of carbonyl (C=O) groups excluding carboxylic acids is 1. The van der Waals surface area contributed by atoms with Gasteiger partial charge in [-0.2, -0.15) is 4.31 Å². The van der Waals surface area contributed by atoms with Gasteiger partial charge in [-0.25, -0.2) is 13.2 Å². The fourth-order valence-corrected chi connectivity index (χ4v) is 4.54. The Morgan fingerprint density at radius 1 is 1.11 bits per heavy atom. The van der Waals surface area contributed by atoms with E-state index in [1.807, 2.05) is 30.3 Å². The zero-order chi connectivity index (χ0) is 20.1. The molecule has 2 aromatic rings. The molecule has 0 saturated carbocycles. The number of esters is 1. The Morgan fingerprint density at radius 3 is 2.43 bits per heavy atom. The number of ether oxygens (including phenoxy) is 3. The van der Waals surface area contributed by atoms with Crippen LogP contribution in [0.25, 0.3) is 0 Å². The summed E-state index contributed by atoms with van der Waals surface area (Å²) in [5.41, 5.74) is 1.00. The maximum absolute atomic E-state index is 13.0. The largest absolute Gasteiger partial charge is 0.495 e. The van der Waals surface area contributed by atoms with Crippen molar-refractivity contribution < 1.29 is 27.4 Å². The number of benzene rings is 2. The van der Waals surface area contributed by atoms with Gasteiger partial charge in [0, 0.05) is 13.1 Å². The summed E-state index contributed by atoms with van der Waals surface area (Å²) in [4.78, 5) is 12.5. The fourth-order valence-electron chi connectivity index (χ4n) is 2.95. The molecular formula is C20H23NO6S. The molecule has 7 nitrogen and oxygen atoms in total. The van der Waals surface area contributed by atoms with Gasteiger partial charge in [-0.05, 0) is 30.7 Å². The number of methoxy groups -OCH3 is 1. The van der Waals surface area contributed by atoms with Gasteiger partial charge in [-0.1, -0.05) is 30.3 Å². The average Bonchev–Trinajstić information content (AvgIpc) is 2.74. The molecule has 1 aliphatic heterocycles. The number of morpholine rings is 1. The van der Waals surface area contributed by atoms with Crippen LogP contribution in [0.2, 0.25) is 0 Å². The van der Waals surface area contributed by atoms with E-state index in [0.29, 0.717) is 13.2 Å². The summed E-state index contributed by atoms with van der Waals surface area (Å²) < 4.78 is 43.3. The van der Waals surface area contributed by atoms with Gasteiger partial charge >= 0.3 is 5.97 Å². The Balaban J connectivity index is 1.87. The first-order valence-electron chi connectivity index (χ1n) is 8.95. The highest BCUT2D eigenvalue weighted by atomic mass is 32.2. The van der Waals surface area contributed by atoms with E-state index < -0.39 is 22.1 Å². The Labute approximate surface area is 164 Å². The van der Waals surface area contributed by atoms with Crippen molar-refractivity contribution in [1.82, 2.24) is 4.31 Å². The molecule has 0 aliphatic carbocycles. The lowest BCUT2D eigenvalue weighted by Gasteiger charge is -2.26. The molecule has 3 rings (SSSR count). The third-order valence-electron chi connectivity index (χ3n) is 4.54. The zero-order valence-electron chi connectivity index (χ0n) is 15.8. The highest BCUT2D eigenvalue weighted by Gasteiger charge is 2.30. The van der Waals surface area contributed by atoms with Gasteiger partial charge in [-0.15, -0.1) is 0 Å². The highest BCUT2D eigenvalue weighted by Crippen LogP contribution is 2.29. The van der Waals surface area contributed by atoms with Crippen LogP contribution in [0.15, 0.2) is 53.4 Å². The van der Waals surface area contributed by atoms with Crippen molar-refractivity contribution >= 4 is 16.0 Å². The molecule has 0 N–H and O–H groups in total. The SMILES string of the molecule is COc1ccc(C(=O)O[C@@H](C)c2ccccc2)cc1S(=O)(=O)N1CCOCC1. The number of rotatable bonds is 6. The smallest absolute Gasteiger partial charge is 0.338 e. The van der Waals surface area contributed by atoms with Gasteiger partial charge in [0.2, 0.25) is 10.0 Å². The molecular weight excluding hydrogens is 382 g/mol. The first-order valence-corrected chi connectivity index (χ1v) is 10.4. The van der Waals surface area contributed by atoms with Crippen molar-refractivity contribution in [3.8, 4) is 5.75 Å². The minimum absolute atomic E-state index is 0.0567. The van der Waals surface area contributed by atoms with E-state index in [9.17, 15) is 13.2 Å². The molecule has 0 spiro atoms. The normalized spacial score (nSPS) is 16.4. The van der Waals surface area contributed by atoms with Crippen molar-refractivity contribution in [1.29, 1.82) is 0 Å². The second kappa shape index (κ2) is 8.72. The molecule has 8 heteroatoms. The number of sulfonamides is 1. The molecule has 0 bridgehead atoms. The third kappa shape index (κ3) is 4.35. The maximum atomic E-state index is 13.0. The van der Waals surface area contributed by atoms with Crippen molar-refractivity contribution in [2.45, 2.75) is 17.9 Å². The number of carbonyl (C=O) groups is 1. The Hall–Kier alpha value is -2.42. The van der Waals surface area contributed by atoms with Crippen molar-refractivity contribution in [2.24, 2.45) is 0 Å². The van der Waals surface area contributed by atoms with E-state index >= 15 is 0 Å². The lowest BCUT2D eigenvalue weighted by molar-refractivity contribution is 0.0337. The molecule has 1 heterocycles. The molecule has 0 aromatic heterocycles. The monoisotopic (exact) mass is 405 g/mol. The van der Waals surface area contributed by atoms with E-state index in [1.165, 1.54) is 29.6 Å². The summed E-state index contributed by atoms with van der Waals surface area (Å²) in [6.07, 6.45) is -0.463. The molecule has 2 aromatic carbocycles. The standard InChI is InChI=1S/C20H23NO6S/c1-15(16-6-4-3-5-7-16)27-20(22)17-8-9-18(25-2)19(14-17)28(23,24)21-10-12-26-13-11-21/h3-9,14-15H,10-13H2,1-2H3/t15-/m0/s1. The van der Waals surface area contributed by atoms with Crippen LogP contribution in [0.3, 0.4) is 0 Å². The minimum Gasteiger partial charge on any atom is -0.495 e. The van der Waals surface area contributed by atoms with Gasteiger partial charge in [-0.3, -0.25) is 0 Å². The third-order valence-corrected chi connectivity index (χ3v) is 6.46. The summed E-state index contributed by atoms with van der Waals surface area (Å²) in [7, 11) is -2.43. The van der Waals surface area contributed by atoms with Crippen LogP contribution < -0.4 is 4.74 Å². The Bertz CT molecular complexity index is 923. The minimum atomic E-state index is -3.82. The molecule has 150 valence electrons. The van der Waals surface area contributed by atoms with Gasteiger partial charge in [0.25, 0.3) is 0 Å². The van der Waals surface area contributed by atoms with Gasteiger partial charge in [0.15, 0.2) is 0 Å². The number of hydrogen-bond donors (Lipinski definition) is 0. The van der Waals surface area contributed by atoms with Crippen LogP contribution in [-0.4, -0.2) is 52.1 Å². The topological polar surface area (TPSA) is 82.1 Å². The number of nitrogens with zero attached hydrogens (tertiary/aromatic N) is 1. The first kappa shape index (κ1) is 20.3. The van der Waals surface area contributed by atoms with E-state index in [2.05, 4.69) is 0 Å². The van der Waals surface area contributed by atoms with Crippen LogP contribution in [-0.2, 0) is 19.5 Å². The molecule has 1 saturated heterocycles.